The van der Waals surface area contributed by atoms with Gasteiger partial charge in [-0.25, -0.2) is 9.97 Å². The zero-order valence-corrected chi connectivity index (χ0v) is 22.0. The summed E-state index contributed by atoms with van der Waals surface area (Å²) in [7, 11) is 0. The minimum Gasteiger partial charge on any atom is -0.460 e. The number of hydrogen-bond acceptors (Lipinski definition) is 5. The molecule has 2 heterocycles. The molecule has 5 aromatic rings. The SMILES string of the molecule is CC(C)(C#Cc1nccc2nc(-c3ccc(CN)cc3)c(-c3ccccc3)cc12)C(=O)OCc1ccccc1. The van der Waals surface area contributed by atoms with Gasteiger partial charge in [-0.15, -0.1) is 0 Å². The van der Waals surface area contributed by atoms with E-state index in [-0.39, 0.29) is 12.6 Å². The summed E-state index contributed by atoms with van der Waals surface area (Å²) in [6.45, 7) is 4.21. The summed E-state index contributed by atoms with van der Waals surface area (Å²) in [6, 6.07) is 31.9. The summed E-state index contributed by atoms with van der Waals surface area (Å²) >= 11 is 0. The van der Waals surface area contributed by atoms with E-state index < -0.39 is 5.41 Å². The number of rotatable bonds is 6. The summed E-state index contributed by atoms with van der Waals surface area (Å²) < 4.78 is 5.54. The quantitative estimate of drug-likeness (QED) is 0.207. The van der Waals surface area contributed by atoms with E-state index in [1.807, 2.05) is 78.9 Å². The molecule has 0 spiro atoms. The molecule has 0 atom stereocenters. The second-order valence-electron chi connectivity index (χ2n) is 9.81. The number of carbonyl (C=O) groups is 1. The molecule has 2 aromatic heterocycles. The normalized spacial score (nSPS) is 11.1. The van der Waals surface area contributed by atoms with Gasteiger partial charge in [-0.1, -0.05) is 90.8 Å². The fourth-order valence-electron chi connectivity index (χ4n) is 4.22. The number of esters is 1. The van der Waals surface area contributed by atoms with E-state index in [0.29, 0.717) is 12.2 Å². The van der Waals surface area contributed by atoms with E-state index in [2.05, 4.69) is 35.0 Å². The molecule has 0 saturated carbocycles. The summed E-state index contributed by atoms with van der Waals surface area (Å²) in [6.07, 6.45) is 1.70. The highest BCUT2D eigenvalue weighted by Gasteiger charge is 2.27. The number of benzene rings is 3. The van der Waals surface area contributed by atoms with Gasteiger partial charge in [0.2, 0.25) is 0 Å². The van der Waals surface area contributed by atoms with Gasteiger partial charge >= 0.3 is 5.97 Å². The molecule has 0 saturated heterocycles. The fourth-order valence-corrected chi connectivity index (χ4v) is 4.22. The molecule has 0 fully saturated rings. The Balaban J connectivity index is 1.53. The van der Waals surface area contributed by atoms with Gasteiger partial charge in [-0.3, -0.25) is 4.79 Å². The summed E-state index contributed by atoms with van der Waals surface area (Å²) in [5.41, 5.74) is 12.0. The number of pyridine rings is 2. The van der Waals surface area contributed by atoms with Crippen LogP contribution in [0, 0.1) is 17.3 Å². The van der Waals surface area contributed by atoms with Gasteiger partial charge in [0.05, 0.1) is 11.2 Å². The number of aromatic nitrogens is 2. The van der Waals surface area contributed by atoms with Crippen LogP contribution in [-0.4, -0.2) is 15.9 Å². The third kappa shape index (κ3) is 5.87. The van der Waals surface area contributed by atoms with Gasteiger partial charge in [0, 0.05) is 29.3 Å². The third-order valence-electron chi connectivity index (χ3n) is 6.51. The molecule has 39 heavy (non-hydrogen) atoms. The highest BCUT2D eigenvalue weighted by Crippen LogP contribution is 2.34. The number of nitrogens with two attached hydrogens (primary N) is 1. The zero-order chi connectivity index (χ0) is 27.2. The lowest BCUT2D eigenvalue weighted by atomic mass is 9.94. The molecule has 0 bridgehead atoms. The number of fused-ring (bicyclic) bond motifs is 1. The van der Waals surface area contributed by atoms with Gasteiger partial charge in [0.25, 0.3) is 0 Å². The predicted molar refractivity (Wildman–Crippen MR) is 155 cm³/mol. The zero-order valence-electron chi connectivity index (χ0n) is 22.0. The summed E-state index contributed by atoms with van der Waals surface area (Å²) in [4.78, 5) is 22.4. The van der Waals surface area contributed by atoms with Crippen LogP contribution in [-0.2, 0) is 22.7 Å². The Hall–Kier alpha value is -4.79. The highest BCUT2D eigenvalue weighted by atomic mass is 16.5. The maximum absolute atomic E-state index is 12.8. The molecular formula is C34H29N3O2. The summed E-state index contributed by atoms with van der Waals surface area (Å²) in [5, 5.41) is 0.819. The van der Waals surface area contributed by atoms with Crippen molar-refractivity contribution in [1.82, 2.24) is 9.97 Å². The first kappa shape index (κ1) is 25.8. The van der Waals surface area contributed by atoms with Crippen molar-refractivity contribution >= 4 is 16.9 Å². The van der Waals surface area contributed by atoms with Crippen molar-refractivity contribution < 1.29 is 9.53 Å². The second-order valence-corrected chi connectivity index (χ2v) is 9.81. The van der Waals surface area contributed by atoms with Crippen molar-refractivity contribution in [2.45, 2.75) is 27.0 Å². The number of hydrogen-bond donors (Lipinski definition) is 1. The van der Waals surface area contributed by atoms with E-state index >= 15 is 0 Å². The lowest BCUT2D eigenvalue weighted by Crippen LogP contribution is -2.24. The van der Waals surface area contributed by atoms with Crippen molar-refractivity contribution in [3.05, 3.63) is 120 Å². The van der Waals surface area contributed by atoms with Gasteiger partial charge in [-0.05, 0) is 48.6 Å². The lowest BCUT2D eigenvalue weighted by Gasteiger charge is -2.16. The van der Waals surface area contributed by atoms with Crippen LogP contribution in [0.1, 0.15) is 30.7 Å². The smallest absolute Gasteiger partial charge is 0.324 e. The van der Waals surface area contributed by atoms with Crippen LogP contribution in [0.5, 0.6) is 0 Å². The van der Waals surface area contributed by atoms with Crippen molar-refractivity contribution in [3.63, 3.8) is 0 Å². The molecule has 2 N–H and O–H groups in total. The first-order valence-corrected chi connectivity index (χ1v) is 12.8. The first-order valence-electron chi connectivity index (χ1n) is 12.8. The fraction of sp³-hybridized carbons (Fsp3) is 0.147. The van der Waals surface area contributed by atoms with Crippen LogP contribution in [0.4, 0.5) is 0 Å². The van der Waals surface area contributed by atoms with E-state index in [4.69, 9.17) is 15.5 Å². The molecule has 5 nitrogen and oxygen atoms in total. The van der Waals surface area contributed by atoms with Crippen LogP contribution in [0.3, 0.4) is 0 Å². The maximum Gasteiger partial charge on any atom is 0.324 e. The maximum atomic E-state index is 12.8. The largest absolute Gasteiger partial charge is 0.460 e. The second kappa shape index (κ2) is 11.3. The lowest BCUT2D eigenvalue weighted by molar-refractivity contribution is -0.152. The van der Waals surface area contributed by atoms with Crippen LogP contribution in [0.2, 0.25) is 0 Å². The predicted octanol–water partition coefficient (Wildman–Crippen LogP) is 6.54. The molecule has 5 rings (SSSR count). The van der Waals surface area contributed by atoms with Gasteiger partial charge in [0.15, 0.2) is 0 Å². The Labute approximate surface area is 228 Å². The molecule has 3 aromatic carbocycles. The molecule has 5 heteroatoms. The van der Waals surface area contributed by atoms with Gasteiger partial charge in [0.1, 0.15) is 17.7 Å². The average Bonchev–Trinajstić information content (AvgIpc) is 2.99. The molecule has 0 unspecified atom stereocenters. The van der Waals surface area contributed by atoms with Crippen LogP contribution in [0.25, 0.3) is 33.3 Å². The topological polar surface area (TPSA) is 78.1 Å². The van der Waals surface area contributed by atoms with Crippen LogP contribution >= 0.6 is 0 Å². The van der Waals surface area contributed by atoms with E-state index in [1.165, 1.54) is 0 Å². The Morgan fingerprint density at radius 3 is 2.26 bits per heavy atom. The Bertz CT molecular complexity index is 1670. The minimum atomic E-state index is -1.01. The number of carbonyl (C=O) groups excluding carboxylic acids is 1. The molecule has 0 radical (unpaired) electrons. The van der Waals surface area contributed by atoms with Gasteiger partial charge in [-0.2, -0.15) is 0 Å². The number of ether oxygens (including phenoxy) is 1. The Kier molecular flexibility index (Phi) is 7.49. The molecule has 0 aliphatic carbocycles. The standard InChI is InChI=1S/C34H29N3O2/c1-34(2,33(38)39-23-25-9-5-3-6-10-25)19-17-30-29-21-28(26-11-7-4-8-12-26)32(37-31(29)18-20-36-30)27-15-13-24(22-35)14-16-27/h3-16,18,20-21H,22-23,35H2,1-2H3. The van der Waals surface area contributed by atoms with E-state index in [1.54, 1.807) is 20.0 Å². The van der Waals surface area contributed by atoms with Crippen LogP contribution in [0.15, 0.2) is 103 Å². The number of nitrogens with zero attached hydrogens (tertiary/aromatic N) is 2. The summed E-state index contributed by atoms with van der Waals surface area (Å²) in [5.74, 6) is 5.86. The Morgan fingerprint density at radius 2 is 1.56 bits per heavy atom. The van der Waals surface area contributed by atoms with Gasteiger partial charge < -0.3 is 10.5 Å². The van der Waals surface area contributed by atoms with Crippen molar-refractivity contribution in [1.29, 1.82) is 0 Å². The van der Waals surface area contributed by atoms with Crippen molar-refractivity contribution in [2.24, 2.45) is 11.1 Å². The molecular weight excluding hydrogens is 482 g/mol. The molecule has 0 aliphatic rings. The van der Waals surface area contributed by atoms with E-state index in [0.717, 1.165) is 44.4 Å². The van der Waals surface area contributed by atoms with Crippen molar-refractivity contribution in [2.75, 3.05) is 0 Å². The highest BCUT2D eigenvalue weighted by molar-refractivity contribution is 5.94. The molecule has 192 valence electrons. The minimum absolute atomic E-state index is 0.205. The Morgan fingerprint density at radius 1 is 0.872 bits per heavy atom. The van der Waals surface area contributed by atoms with E-state index in [9.17, 15) is 4.79 Å². The monoisotopic (exact) mass is 511 g/mol. The molecule has 0 aliphatic heterocycles. The third-order valence-corrected chi connectivity index (χ3v) is 6.51. The van der Waals surface area contributed by atoms with Crippen LogP contribution < -0.4 is 5.73 Å². The molecule has 0 amide bonds. The van der Waals surface area contributed by atoms with Crippen molar-refractivity contribution in [3.8, 4) is 34.2 Å². The first-order chi connectivity index (χ1) is 18.9. The average molecular weight is 512 g/mol.